The fourth-order valence-corrected chi connectivity index (χ4v) is 6.27. The number of aromatic nitrogens is 1. The van der Waals surface area contributed by atoms with Crippen molar-refractivity contribution in [1.82, 2.24) is 4.98 Å². The van der Waals surface area contributed by atoms with E-state index in [1.165, 1.54) is 27.6 Å². The molecule has 2 aromatic heterocycles. The van der Waals surface area contributed by atoms with E-state index in [1.54, 1.807) is 17.5 Å². The maximum atomic E-state index is 13.5. The zero-order chi connectivity index (χ0) is 26.2. The van der Waals surface area contributed by atoms with Crippen molar-refractivity contribution in [2.45, 2.75) is 19.6 Å². The predicted molar refractivity (Wildman–Crippen MR) is 150 cm³/mol. The van der Waals surface area contributed by atoms with Gasteiger partial charge in [-0.3, -0.25) is 14.5 Å². The Bertz CT molecular complexity index is 1670. The first kappa shape index (κ1) is 24.1. The average Bonchev–Trinajstić information content (AvgIpc) is 3.67. The summed E-state index contributed by atoms with van der Waals surface area (Å²) >= 11 is 2.63. The molecule has 0 spiro atoms. The summed E-state index contributed by atoms with van der Waals surface area (Å²) in [5.41, 5.74) is 3.60. The van der Waals surface area contributed by atoms with Crippen LogP contribution < -0.4 is 9.64 Å². The molecule has 3 heterocycles. The maximum Gasteiger partial charge on any atom is 0.296 e. The van der Waals surface area contributed by atoms with E-state index < -0.39 is 17.7 Å². The average molecular weight is 539 g/mol. The highest BCUT2D eigenvalue weighted by Gasteiger charge is 2.46. The molecule has 1 N–H and O–H groups in total. The SMILES string of the molecule is Cc1ccc2nc(N3C(=O)C(O)=C(C(=O)c4cccs4)C3c3ccc(OCc4ccccc4)cc3)sc2c1. The second kappa shape index (κ2) is 9.89. The summed E-state index contributed by atoms with van der Waals surface area (Å²) in [5.74, 6) is -0.911. The number of rotatable bonds is 7. The Labute approximate surface area is 227 Å². The number of carbonyl (C=O) groups is 2. The van der Waals surface area contributed by atoms with Gasteiger partial charge in [-0.15, -0.1) is 11.3 Å². The van der Waals surface area contributed by atoms with Crippen molar-refractivity contribution in [3.8, 4) is 5.75 Å². The second-order valence-electron chi connectivity index (χ2n) is 8.96. The molecule has 0 aliphatic carbocycles. The van der Waals surface area contributed by atoms with Gasteiger partial charge in [-0.25, -0.2) is 4.98 Å². The molecule has 0 saturated carbocycles. The number of amides is 1. The van der Waals surface area contributed by atoms with Crippen LogP contribution in [0.4, 0.5) is 5.13 Å². The summed E-state index contributed by atoms with van der Waals surface area (Å²) in [6.07, 6.45) is 0. The highest BCUT2D eigenvalue weighted by Crippen LogP contribution is 2.44. The van der Waals surface area contributed by atoms with Crippen molar-refractivity contribution in [2.24, 2.45) is 0 Å². The first-order valence-electron chi connectivity index (χ1n) is 12.0. The number of hydrogen-bond acceptors (Lipinski definition) is 7. The molecule has 188 valence electrons. The van der Waals surface area contributed by atoms with Crippen LogP contribution in [0.2, 0.25) is 0 Å². The molecule has 0 radical (unpaired) electrons. The summed E-state index contributed by atoms with van der Waals surface area (Å²) in [6.45, 7) is 2.41. The van der Waals surface area contributed by atoms with E-state index in [4.69, 9.17) is 4.74 Å². The molecule has 38 heavy (non-hydrogen) atoms. The molecular weight excluding hydrogens is 516 g/mol. The number of hydrogen-bond donors (Lipinski definition) is 1. The summed E-state index contributed by atoms with van der Waals surface area (Å²) in [4.78, 5) is 33.6. The molecule has 0 bridgehead atoms. The third kappa shape index (κ3) is 4.38. The van der Waals surface area contributed by atoms with Gasteiger partial charge in [0.15, 0.2) is 10.9 Å². The summed E-state index contributed by atoms with van der Waals surface area (Å²) in [7, 11) is 0. The number of anilines is 1. The number of benzene rings is 3. The zero-order valence-corrected chi connectivity index (χ0v) is 22.0. The van der Waals surface area contributed by atoms with Crippen LogP contribution in [0.3, 0.4) is 0 Å². The Morgan fingerprint density at radius 2 is 1.82 bits per heavy atom. The highest BCUT2D eigenvalue weighted by molar-refractivity contribution is 7.22. The van der Waals surface area contributed by atoms with Crippen LogP contribution in [0.1, 0.15) is 32.4 Å². The molecule has 8 heteroatoms. The number of aliphatic hydroxyl groups excluding tert-OH is 1. The number of thiophene rings is 1. The lowest BCUT2D eigenvalue weighted by atomic mass is 9.95. The number of Topliss-reactive ketones (excluding diaryl/α,β-unsaturated/α-hetero) is 1. The summed E-state index contributed by atoms with van der Waals surface area (Å²) < 4.78 is 6.85. The van der Waals surface area contributed by atoms with Crippen LogP contribution in [0.5, 0.6) is 5.75 Å². The van der Waals surface area contributed by atoms with Crippen LogP contribution in [0.25, 0.3) is 10.2 Å². The normalized spacial score (nSPS) is 15.4. The van der Waals surface area contributed by atoms with Crippen molar-refractivity contribution >= 4 is 49.7 Å². The maximum absolute atomic E-state index is 13.5. The van der Waals surface area contributed by atoms with Gasteiger partial charge in [-0.1, -0.05) is 65.9 Å². The third-order valence-corrected chi connectivity index (χ3v) is 8.27. The molecule has 5 aromatic rings. The van der Waals surface area contributed by atoms with E-state index in [0.717, 1.165) is 21.3 Å². The van der Waals surface area contributed by atoms with Gasteiger partial charge in [0.05, 0.1) is 26.7 Å². The van der Waals surface area contributed by atoms with Gasteiger partial charge in [0.25, 0.3) is 5.91 Å². The number of fused-ring (bicyclic) bond motifs is 1. The number of nitrogens with zero attached hydrogens (tertiary/aromatic N) is 2. The van der Waals surface area contributed by atoms with Gasteiger partial charge >= 0.3 is 0 Å². The van der Waals surface area contributed by atoms with Crippen molar-refractivity contribution in [2.75, 3.05) is 4.90 Å². The van der Waals surface area contributed by atoms with E-state index in [9.17, 15) is 14.7 Å². The number of aliphatic hydroxyl groups is 1. The summed E-state index contributed by atoms with van der Waals surface area (Å²) in [6, 6.07) is 25.6. The monoisotopic (exact) mass is 538 g/mol. The number of ketones is 1. The minimum atomic E-state index is -0.832. The Hall–Kier alpha value is -4.27. The quantitative estimate of drug-likeness (QED) is 0.225. The lowest BCUT2D eigenvalue weighted by Gasteiger charge is -2.24. The molecule has 6 rings (SSSR count). The van der Waals surface area contributed by atoms with E-state index in [-0.39, 0.29) is 11.4 Å². The molecule has 1 amide bonds. The van der Waals surface area contributed by atoms with Gasteiger partial charge in [-0.05, 0) is 59.3 Å². The number of carbonyl (C=O) groups excluding carboxylic acids is 2. The van der Waals surface area contributed by atoms with E-state index >= 15 is 0 Å². The Morgan fingerprint density at radius 3 is 2.55 bits per heavy atom. The molecule has 0 fully saturated rings. The zero-order valence-electron chi connectivity index (χ0n) is 20.3. The fourth-order valence-electron chi connectivity index (χ4n) is 4.50. The second-order valence-corrected chi connectivity index (χ2v) is 10.9. The lowest BCUT2D eigenvalue weighted by Crippen LogP contribution is -2.30. The first-order valence-corrected chi connectivity index (χ1v) is 13.7. The molecule has 1 atom stereocenters. The number of ether oxygens (including phenoxy) is 1. The Kier molecular flexibility index (Phi) is 6.27. The van der Waals surface area contributed by atoms with Gasteiger partial charge in [0, 0.05) is 0 Å². The molecule has 1 aliphatic rings. The van der Waals surface area contributed by atoms with Crippen molar-refractivity contribution in [3.63, 3.8) is 0 Å². The lowest BCUT2D eigenvalue weighted by molar-refractivity contribution is -0.117. The first-order chi connectivity index (χ1) is 18.5. The van der Waals surface area contributed by atoms with Gasteiger partial charge in [-0.2, -0.15) is 0 Å². The van der Waals surface area contributed by atoms with E-state index in [2.05, 4.69) is 4.98 Å². The van der Waals surface area contributed by atoms with Crippen LogP contribution in [0.15, 0.2) is 102 Å². The van der Waals surface area contributed by atoms with E-state index in [0.29, 0.717) is 27.9 Å². The third-order valence-electron chi connectivity index (χ3n) is 6.38. The molecule has 6 nitrogen and oxygen atoms in total. The molecule has 1 aliphatic heterocycles. The topological polar surface area (TPSA) is 79.7 Å². The predicted octanol–water partition coefficient (Wildman–Crippen LogP) is 7.03. The number of thiazole rings is 1. The fraction of sp³-hybridized carbons (Fsp3) is 0.100. The van der Waals surface area contributed by atoms with E-state index in [1.807, 2.05) is 79.7 Å². The molecule has 3 aromatic carbocycles. The van der Waals surface area contributed by atoms with Crippen LogP contribution in [0, 0.1) is 6.92 Å². The van der Waals surface area contributed by atoms with Crippen molar-refractivity contribution < 1.29 is 19.4 Å². The minimum absolute atomic E-state index is 0.0471. The van der Waals surface area contributed by atoms with Gasteiger partial charge < -0.3 is 9.84 Å². The smallest absolute Gasteiger partial charge is 0.296 e. The largest absolute Gasteiger partial charge is 0.503 e. The van der Waals surface area contributed by atoms with Crippen molar-refractivity contribution in [3.05, 3.63) is 123 Å². The summed E-state index contributed by atoms with van der Waals surface area (Å²) in [5, 5.41) is 13.2. The van der Waals surface area contributed by atoms with Crippen LogP contribution in [-0.4, -0.2) is 21.8 Å². The van der Waals surface area contributed by atoms with Crippen LogP contribution in [-0.2, 0) is 11.4 Å². The Balaban J connectivity index is 1.39. The molecule has 1 unspecified atom stereocenters. The highest BCUT2D eigenvalue weighted by atomic mass is 32.1. The standard InChI is InChI=1S/C30H22N2O4S2/c1-18-9-14-22-24(16-18)38-30(31-22)32-26(25(28(34)29(32)35)27(33)23-8-5-15-37-23)20-10-12-21(13-11-20)36-17-19-6-3-2-4-7-19/h2-16,26,34H,17H2,1H3. The number of aryl methyl sites for hydroxylation is 1. The van der Waals surface area contributed by atoms with Gasteiger partial charge in [0.1, 0.15) is 12.4 Å². The van der Waals surface area contributed by atoms with Crippen molar-refractivity contribution in [1.29, 1.82) is 0 Å². The van der Waals surface area contributed by atoms with Crippen LogP contribution >= 0.6 is 22.7 Å². The minimum Gasteiger partial charge on any atom is -0.503 e. The van der Waals surface area contributed by atoms with Gasteiger partial charge in [0.2, 0.25) is 5.78 Å². The molecule has 0 saturated heterocycles. The molecular formula is C30H22N2O4S2. The Morgan fingerprint density at radius 1 is 1.03 bits per heavy atom.